The molecule has 0 bridgehead atoms. The van der Waals surface area contributed by atoms with Crippen molar-refractivity contribution in [1.29, 1.82) is 0 Å². The van der Waals surface area contributed by atoms with Crippen LogP contribution in [0.1, 0.15) is 41.9 Å². The van der Waals surface area contributed by atoms with E-state index in [0.29, 0.717) is 36.0 Å². The summed E-state index contributed by atoms with van der Waals surface area (Å²) in [5, 5.41) is 7.52. The summed E-state index contributed by atoms with van der Waals surface area (Å²) >= 11 is 0. The van der Waals surface area contributed by atoms with Crippen molar-refractivity contribution in [3.05, 3.63) is 53.3 Å². The Morgan fingerprint density at radius 2 is 2.12 bits per heavy atom. The van der Waals surface area contributed by atoms with Crippen LogP contribution in [-0.4, -0.2) is 22.7 Å². The van der Waals surface area contributed by atoms with Crippen molar-refractivity contribution in [1.82, 2.24) is 15.5 Å². The number of para-hydroxylation sites is 1. The minimum atomic E-state index is -0.197. The van der Waals surface area contributed by atoms with E-state index in [1.807, 2.05) is 31.2 Å². The molecule has 0 aliphatic carbocycles. The van der Waals surface area contributed by atoms with E-state index in [9.17, 15) is 4.79 Å². The number of aromatic nitrogens is 2. The van der Waals surface area contributed by atoms with E-state index in [2.05, 4.69) is 29.3 Å². The number of amides is 1. The van der Waals surface area contributed by atoms with Crippen LogP contribution in [0.3, 0.4) is 0 Å². The lowest BCUT2D eigenvalue weighted by Crippen LogP contribution is -2.23. The molecular weight excluding hydrogens is 330 g/mol. The number of fused-ring (bicyclic) bond motifs is 1. The zero-order valence-electron chi connectivity index (χ0n) is 15.3. The first-order valence-electron chi connectivity index (χ1n) is 8.75. The second-order valence-electron chi connectivity index (χ2n) is 6.67. The molecule has 0 aliphatic heterocycles. The molecule has 0 saturated carbocycles. The van der Waals surface area contributed by atoms with Crippen LogP contribution >= 0.6 is 0 Å². The molecule has 26 heavy (non-hydrogen) atoms. The highest BCUT2D eigenvalue weighted by atomic mass is 16.5. The molecule has 0 saturated heterocycles. The number of hydrogen-bond donors (Lipinski definition) is 1. The van der Waals surface area contributed by atoms with Crippen LogP contribution in [0.4, 0.5) is 0 Å². The van der Waals surface area contributed by atoms with Crippen molar-refractivity contribution in [2.75, 3.05) is 6.61 Å². The summed E-state index contributed by atoms with van der Waals surface area (Å²) in [5.41, 5.74) is 2.57. The monoisotopic (exact) mass is 353 g/mol. The second-order valence-corrected chi connectivity index (χ2v) is 6.67. The van der Waals surface area contributed by atoms with Crippen LogP contribution < -0.4 is 10.1 Å². The molecule has 3 aromatic rings. The zero-order valence-corrected chi connectivity index (χ0v) is 15.3. The fourth-order valence-electron chi connectivity index (χ4n) is 2.54. The predicted octanol–water partition coefficient (Wildman–Crippen LogP) is 3.89. The predicted molar refractivity (Wildman–Crippen MR) is 99.1 cm³/mol. The molecule has 6 heteroatoms. The Balaban J connectivity index is 1.66. The number of carbonyl (C=O) groups excluding carboxylic acids is 1. The third-order valence-corrected chi connectivity index (χ3v) is 4.14. The van der Waals surface area contributed by atoms with Crippen LogP contribution in [0.25, 0.3) is 11.1 Å². The molecule has 1 aromatic carbocycles. The minimum absolute atomic E-state index is 0.197. The van der Waals surface area contributed by atoms with E-state index in [4.69, 9.17) is 9.26 Å². The van der Waals surface area contributed by atoms with E-state index in [1.54, 1.807) is 6.07 Å². The Hall–Kier alpha value is -2.89. The van der Waals surface area contributed by atoms with Gasteiger partial charge in [0.05, 0.1) is 23.3 Å². The van der Waals surface area contributed by atoms with Crippen LogP contribution in [-0.2, 0) is 6.54 Å². The number of benzene rings is 1. The molecular formula is C20H23N3O3. The quantitative estimate of drug-likeness (QED) is 0.697. The van der Waals surface area contributed by atoms with Gasteiger partial charge in [0.15, 0.2) is 0 Å². The van der Waals surface area contributed by atoms with Crippen molar-refractivity contribution >= 4 is 17.0 Å². The summed E-state index contributed by atoms with van der Waals surface area (Å²) in [6.07, 6.45) is 2.48. The Morgan fingerprint density at radius 3 is 2.92 bits per heavy atom. The van der Waals surface area contributed by atoms with E-state index in [-0.39, 0.29) is 5.91 Å². The lowest BCUT2D eigenvalue weighted by Gasteiger charge is -2.13. The van der Waals surface area contributed by atoms with Crippen molar-refractivity contribution < 1.29 is 14.1 Å². The number of nitrogens with one attached hydrogen (secondary N) is 1. The summed E-state index contributed by atoms with van der Waals surface area (Å²) in [6, 6.07) is 9.49. The summed E-state index contributed by atoms with van der Waals surface area (Å²) in [5.74, 6) is 1.19. The topological polar surface area (TPSA) is 77.2 Å². The number of rotatable bonds is 7. The lowest BCUT2D eigenvalue weighted by atomic mass is 10.1. The molecule has 0 fully saturated rings. The van der Waals surface area contributed by atoms with Gasteiger partial charge in [0.1, 0.15) is 5.75 Å². The van der Waals surface area contributed by atoms with Gasteiger partial charge in [-0.25, -0.2) is 4.98 Å². The van der Waals surface area contributed by atoms with E-state index in [1.165, 1.54) is 6.20 Å². The van der Waals surface area contributed by atoms with Crippen molar-refractivity contribution in [3.8, 4) is 5.75 Å². The van der Waals surface area contributed by atoms with E-state index < -0.39 is 0 Å². The van der Waals surface area contributed by atoms with Crippen LogP contribution in [0, 0.1) is 12.8 Å². The molecule has 136 valence electrons. The zero-order chi connectivity index (χ0) is 18.5. The normalized spacial score (nSPS) is 11.1. The maximum Gasteiger partial charge on any atom is 0.257 e. The van der Waals surface area contributed by atoms with E-state index >= 15 is 0 Å². The number of carbonyl (C=O) groups is 1. The summed E-state index contributed by atoms with van der Waals surface area (Å²) in [6.45, 7) is 7.20. The molecule has 1 N–H and O–H groups in total. The average molecular weight is 353 g/mol. The number of pyridine rings is 1. The summed E-state index contributed by atoms with van der Waals surface area (Å²) in [7, 11) is 0. The third-order valence-electron chi connectivity index (χ3n) is 4.14. The molecule has 2 heterocycles. The first-order valence-corrected chi connectivity index (χ1v) is 8.75. The summed E-state index contributed by atoms with van der Waals surface area (Å²) in [4.78, 5) is 16.6. The van der Waals surface area contributed by atoms with Crippen molar-refractivity contribution in [2.24, 2.45) is 5.92 Å². The standard InChI is InChI=1S/C20H23N3O3/c1-13(2)8-9-25-18-7-5-4-6-15(18)11-21-19(24)16-10-17-14(3)23-26-20(17)22-12-16/h4-7,10,12-13H,8-9,11H2,1-3H3,(H,21,24). The first-order chi connectivity index (χ1) is 12.5. The molecule has 0 atom stereocenters. The van der Waals surface area contributed by atoms with Gasteiger partial charge < -0.3 is 14.6 Å². The molecule has 3 rings (SSSR count). The number of aryl methyl sites for hydroxylation is 1. The maximum atomic E-state index is 12.5. The Bertz CT molecular complexity index is 902. The highest BCUT2D eigenvalue weighted by molar-refractivity contribution is 5.96. The summed E-state index contributed by atoms with van der Waals surface area (Å²) < 4.78 is 10.9. The fourth-order valence-corrected chi connectivity index (χ4v) is 2.54. The van der Waals surface area contributed by atoms with Crippen molar-refractivity contribution in [2.45, 2.75) is 33.7 Å². The molecule has 0 aliphatic rings. The number of nitrogens with zero attached hydrogens (tertiary/aromatic N) is 2. The van der Waals surface area contributed by atoms with Gasteiger partial charge >= 0.3 is 0 Å². The number of ether oxygens (including phenoxy) is 1. The fraction of sp³-hybridized carbons (Fsp3) is 0.350. The molecule has 2 aromatic heterocycles. The SMILES string of the molecule is Cc1noc2ncc(C(=O)NCc3ccccc3OCCC(C)C)cc12. The molecule has 0 radical (unpaired) electrons. The average Bonchev–Trinajstić information content (AvgIpc) is 3.01. The highest BCUT2D eigenvalue weighted by Gasteiger charge is 2.12. The van der Waals surface area contributed by atoms with Gasteiger partial charge in [0.2, 0.25) is 0 Å². The van der Waals surface area contributed by atoms with Gasteiger partial charge in [-0.15, -0.1) is 0 Å². The molecule has 0 spiro atoms. The van der Waals surface area contributed by atoms with Crippen LogP contribution in [0.2, 0.25) is 0 Å². The minimum Gasteiger partial charge on any atom is -0.493 e. The van der Waals surface area contributed by atoms with Gasteiger partial charge in [-0.05, 0) is 31.4 Å². The van der Waals surface area contributed by atoms with Gasteiger partial charge in [-0.1, -0.05) is 37.2 Å². The largest absolute Gasteiger partial charge is 0.493 e. The third kappa shape index (κ3) is 4.20. The maximum absolute atomic E-state index is 12.5. The Labute approximate surface area is 152 Å². The van der Waals surface area contributed by atoms with Gasteiger partial charge in [-0.2, -0.15) is 0 Å². The van der Waals surface area contributed by atoms with Gasteiger partial charge in [0.25, 0.3) is 11.6 Å². The van der Waals surface area contributed by atoms with Crippen molar-refractivity contribution in [3.63, 3.8) is 0 Å². The molecule has 1 amide bonds. The Morgan fingerprint density at radius 1 is 1.31 bits per heavy atom. The van der Waals surface area contributed by atoms with Crippen LogP contribution in [0.15, 0.2) is 41.1 Å². The number of hydrogen-bond acceptors (Lipinski definition) is 5. The van der Waals surface area contributed by atoms with Gasteiger partial charge in [-0.3, -0.25) is 4.79 Å². The molecule has 6 nitrogen and oxygen atoms in total. The second kappa shape index (κ2) is 7.99. The van der Waals surface area contributed by atoms with Gasteiger partial charge in [0, 0.05) is 18.3 Å². The highest BCUT2D eigenvalue weighted by Crippen LogP contribution is 2.20. The Kier molecular flexibility index (Phi) is 5.51. The molecule has 0 unspecified atom stereocenters. The first kappa shape index (κ1) is 17.9. The van der Waals surface area contributed by atoms with Crippen LogP contribution in [0.5, 0.6) is 5.75 Å². The smallest absolute Gasteiger partial charge is 0.257 e. The lowest BCUT2D eigenvalue weighted by molar-refractivity contribution is 0.0950. The van der Waals surface area contributed by atoms with E-state index in [0.717, 1.165) is 23.1 Å².